The number of anilines is 1. The molecule has 1 aliphatic heterocycles. The molecular formula is C14H22N4O. The number of aromatic nitrogens is 1. The molecule has 1 saturated heterocycles. The molecule has 2 rings (SSSR count). The fraction of sp³-hybridized carbons (Fsp3) is 0.571. The number of hydrogen-bond donors (Lipinski definition) is 1. The summed E-state index contributed by atoms with van der Waals surface area (Å²) in [5.74, 6) is -0.0491. The molecule has 5 nitrogen and oxygen atoms in total. The first-order valence-corrected chi connectivity index (χ1v) is 6.71. The Morgan fingerprint density at radius 2 is 2.11 bits per heavy atom. The molecule has 1 N–H and O–H groups in total. The Morgan fingerprint density at radius 3 is 2.68 bits per heavy atom. The molecule has 1 aliphatic rings. The second-order valence-electron chi connectivity index (χ2n) is 5.15. The van der Waals surface area contributed by atoms with Crippen LogP contribution in [0.3, 0.4) is 0 Å². The van der Waals surface area contributed by atoms with Crippen LogP contribution >= 0.6 is 0 Å². The van der Waals surface area contributed by atoms with Crippen LogP contribution in [-0.4, -0.2) is 56.1 Å². The minimum atomic E-state index is -0.0491. The maximum Gasteiger partial charge on any atom is 0.272 e. The molecule has 1 fully saturated rings. The second kappa shape index (κ2) is 6.02. The van der Waals surface area contributed by atoms with Crippen LogP contribution in [-0.2, 0) is 0 Å². The quantitative estimate of drug-likeness (QED) is 0.882. The summed E-state index contributed by atoms with van der Waals surface area (Å²) in [6.45, 7) is 2.04. The normalized spacial score (nSPS) is 16.5. The number of nitrogens with zero attached hydrogens (tertiary/aromatic N) is 3. The molecule has 0 saturated carbocycles. The Hall–Kier alpha value is -1.62. The summed E-state index contributed by atoms with van der Waals surface area (Å²) < 4.78 is 0. The third-order valence-electron chi connectivity index (χ3n) is 3.64. The SMILES string of the molecule is CNC1CCN(c2ccnc(C(=O)N(C)C)c2)CC1. The Labute approximate surface area is 114 Å². The van der Waals surface area contributed by atoms with Crippen molar-refractivity contribution < 1.29 is 4.79 Å². The molecule has 0 atom stereocenters. The average Bonchev–Trinajstić information content (AvgIpc) is 2.46. The molecule has 0 aromatic carbocycles. The van der Waals surface area contributed by atoms with Crippen LogP contribution in [0.5, 0.6) is 0 Å². The van der Waals surface area contributed by atoms with E-state index in [2.05, 4.69) is 15.2 Å². The minimum Gasteiger partial charge on any atom is -0.371 e. The van der Waals surface area contributed by atoms with E-state index in [1.807, 2.05) is 19.2 Å². The lowest BCUT2D eigenvalue weighted by Crippen LogP contribution is -2.41. The highest BCUT2D eigenvalue weighted by atomic mass is 16.2. The van der Waals surface area contributed by atoms with Crippen LogP contribution in [0, 0.1) is 0 Å². The number of rotatable bonds is 3. The molecule has 0 aliphatic carbocycles. The summed E-state index contributed by atoms with van der Waals surface area (Å²) >= 11 is 0. The van der Waals surface area contributed by atoms with Gasteiger partial charge in [0, 0.05) is 45.1 Å². The van der Waals surface area contributed by atoms with Crippen LogP contribution in [0.25, 0.3) is 0 Å². The smallest absolute Gasteiger partial charge is 0.272 e. The zero-order valence-corrected chi connectivity index (χ0v) is 11.9. The van der Waals surface area contributed by atoms with Crippen molar-refractivity contribution in [2.45, 2.75) is 18.9 Å². The highest BCUT2D eigenvalue weighted by Gasteiger charge is 2.19. The van der Waals surface area contributed by atoms with Crippen molar-refractivity contribution in [1.29, 1.82) is 0 Å². The number of amides is 1. The Balaban J connectivity index is 2.09. The van der Waals surface area contributed by atoms with Crippen molar-refractivity contribution in [1.82, 2.24) is 15.2 Å². The molecule has 5 heteroatoms. The molecule has 0 unspecified atom stereocenters. The molecule has 1 amide bonds. The first kappa shape index (κ1) is 13.8. The van der Waals surface area contributed by atoms with Crippen molar-refractivity contribution in [3.05, 3.63) is 24.0 Å². The van der Waals surface area contributed by atoms with Gasteiger partial charge < -0.3 is 15.1 Å². The van der Waals surface area contributed by atoms with E-state index in [0.29, 0.717) is 11.7 Å². The summed E-state index contributed by atoms with van der Waals surface area (Å²) in [4.78, 5) is 19.9. The van der Waals surface area contributed by atoms with Crippen molar-refractivity contribution in [2.75, 3.05) is 39.1 Å². The highest BCUT2D eigenvalue weighted by Crippen LogP contribution is 2.20. The maximum atomic E-state index is 11.9. The fourth-order valence-electron chi connectivity index (χ4n) is 2.39. The maximum absolute atomic E-state index is 11.9. The van der Waals surface area contributed by atoms with Gasteiger partial charge in [-0.05, 0) is 32.0 Å². The topological polar surface area (TPSA) is 48.5 Å². The van der Waals surface area contributed by atoms with Crippen LogP contribution in [0.4, 0.5) is 5.69 Å². The van der Waals surface area contributed by atoms with Gasteiger partial charge >= 0.3 is 0 Å². The number of nitrogens with one attached hydrogen (secondary N) is 1. The Morgan fingerprint density at radius 1 is 1.42 bits per heavy atom. The Kier molecular flexibility index (Phi) is 4.37. The summed E-state index contributed by atoms with van der Waals surface area (Å²) in [5.41, 5.74) is 1.60. The number of pyridine rings is 1. The number of carbonyl (C=O) groups is 1. The number of carbonyl (C=O) groups excluding carboxylic acids is 1. The van der Waals surface area contributed by atoms with Gasteiger partial charge in [0.25, 0.3) is 5.91 Å². The third kappa shape index (κ3) is 3.23. The molecule has 0 spiro atoms. The molecule has 19 heavy (non-hydrogen) atoms. The molecule has 0 radical (unpaired) electrons. The molecule has 0 bridgehead atoms. The largest absolute Gasteiger partial charge is 0.371 e. The van der Waals surface area contributed by atoms with Crippen molar-refractivity contribution in [3.8, 4) is 0 Å². The van der Waals surface area contributed by atoms with Gasteiger partial charge in [-0.15, -0.1) is 0 Å². The van der Waals surface area contributed by atoms with Gasteiger partial charge in [0.15, 0.2) is 0 Å². The summed E-state index contributed by atoms with van der Waals surface area (Å²) in [7, 11) is 5.50. The van der Waals surface area contributed by atoms with E-state index in [1.54, 1.807) is 25.2 Å². The van der Waals surface area contributed by atoms with Crippen molar-refractivity contribution in [2.24, 2.45) is 0 Å². The summed E-state index contributed by atoms with van der Waals surface area (Å²) in [5, 5.41) is 3.32. The van der Waals surface area contributed by atoms with E-state index in [4.69, 9.17) is 0 Å². The zero-order chi connectivity index (χ0) is 13.8. The molecular weight excluding hydrogens is 240 g/mol. The predicted molar refractivity (Wildman–Crippen MR) is 76.5 cm³/mol. The second-order valence-corrected chi connectivity index (χ2v) is 5.15. The standard InChI is InChI=1S/C14H22N4O/c1-15-11-5-8-18(9-6-11)12-4-7-16-13(10-12)14(19)17(2)3/h4,7,10-11,15H,5-6,8-9H2,1-3H3. The van der Waals surface area contributed by atoms with Gasteiger partial charge in [0.1, 0.15) is 5.69 Å². The first-order valence-electron chi connectivity index (χ1n) is 6.71. The zero-order valence-electron chi connectivity index (χ0n) is 11.9. The molecule has 2 heterocycles. The van der Waals surface area contributed by atoms with E-state index in [1.165, 1.54) is 0 Å². The molecule has 1 aromatic rings. The summed E-state index contributed by atoms with van der Waals surface area (Å²) in [6, 6.07) is 4.48. The van der Waals surface area contributed by atoms with Gasteiger partial charge in [0.2, 0.25) is 0 Å². The van der Waals surface area contributed by atoms with Gasteiger partial charge in [-0.2, -0.15) is 0 Å². The van der Waals surface area contributed by atoms with Crippen molar-refractivity contribution in [3.63, 3.8) is 0 Å². The number of piperidine rings is 1. The third-order valence-corrected chi connectivity index (χ3v) is 3.64. The van der Waals surface area contributed by atoms with E-state index < -0.39 is 0 Å². The minimum absolute atomic E-state index is 0.0491. The lowest BCUT2D eigenvalue weighted by Gasteiger charge is -2.33. The van der Waals surface area contributed by atoms with E-state index in [-0.39, 0.29) is 5.91 Å². The van der Waals surface area contributed by atoms with Crippen LogP contribution in [0.15, 0.2) is 18.3 Å². The number of hydrogen-bond acceptors (Lipinski definition) is 4. The summed E-state index contributed by atoms with van der Waals surface area (Å²) in [6.07, 6.45) is 3.99. The van der Waals surface area contributed by atoms with Crippen LogP contribution in [0.1, 0.15) is 23.3 Å². The Bertz CT molecular complexity index is 439. The van der Waals surface area contributed by atoms with Crippen molar-refractivity contribution >= 4 is 11.6 Å². The lowest BCUT2D eigenvalue weighted by atomic mass is 10.0. The lowest BCUT2D eigenvalue weighted by molar-refractivity contribution is 0.0822. The molecule has 104 valence electrons. The fourth-order valence-corrected chi connectivity index (χ4v) is 2.39. The first-order chi connectivity index (χ1) is 9.11. The van der Waals surface area contributed by atoms with E-state index >= 15 is 0 Å². The van der Waals surface area contributed by atoms with Gasteiger partial charge in [-0.1, -0.05) is 0 Å². The average molecular weight is 262 g/mol. The van der Waals surface area contributed by atoms with E-state index in [9.17, 15) is 4.79 Å². The van der Waals surface area contributed by atoms with Gasteiger partial charge in [-0.3, -0.25) is 9.78 Å². The van der Waals surface area contributed by atoms with E-state index in [0.717, 1.165) is 31.6 Å². The predicted octanol–water partition coefficient (Wildman–Crippen LogP) is 0.972. The van der Waals surface area contributed by atoms with Gasteiger partial charge in [0.05, 0.1) is 0 Å². The van der Waals surface area contributed by atoms with Crippen LogP contribution in [0.2, 0.25) is 0 Å². The van der Waals surface area contributed by atoms with Gasteiger partial charge in [-0.25, -0.2) is 0 Å². The monoisotopic (exact) mass is 262 g/mol. The highest BCUT2D eigenvalue weighted by molar-refractivity contribution is 5.92. The van der Waals surface area contributed by atoms with Crippen LogP contribution < -0.4 is 10.2 Å². The molecule has 1 aromatic heterocycles.